The highest BCUT2D eigenvalue weighted by molar-refractivity contribution is 5.58. The fourth-order valence-electron chi connectivity index (χ4n) is 2.32. The van der Waals surface area contributed by atoms with E-state index in [1.54, 1.807) is 11.1 Å². The zero-order valence-electron chi connectivity index (χ0n) is 9.39. The number of anilines is 1. The van der Waals surface area contributed by atoms with Gasteiger partial charge in [-0.2, -0.15) is 0 Å². The molecule has 0 unspecified atom stereocenters. The Morgan fingerprint density at radius 3 is 3.00 bits per heavy atom. The van der Waals surface area contributed by atoms with Crippen molar-refractivity contribution in [1.29, 1.82) is 0 Å². The van der Waals surface area contributed by atoms with Crippen molar-refractivity contribution in [3.8, 4) is 0 Å². The fraction of sp³-hybridized carbons (Fsp3) is 0.500. The first kappa shape index (κ1) is 10.5. The summed E-state index contributed by atoms with van der Waals surface area (Å²) >= 11 is 0. The van der Waals surface area contributed by atoms with Gasteiger partial charge in [0.1, 0.15) is 0 Å². The first-order chi connectivity index (χ1) is 7.42. The molecule has 81 valence electrons. The van der Waals surface area contributed by atoms with E-state index in [2.05, 4.69) is 30.4 Å². The number of hydrogen-bond acceptors (Lipinski definition) is 1. The monoisotopic (exact) mass is 202 g/mol. The van der Waals surface area contributed by atoms with Gasteiger partial charge in [-0.25, -0.2) is 0 Å². The number of nitrogens with one attached hydrogen (secondary N) is 1. The zero-order chi connectivity index (χ0) is 10.5. The number of aryl methyl sites for hydroxylation is 1. The third-order valence-corrected chi connectivity index (χ3v) is 3.16. The summed E-state index contributed by atoms with van der Waals surface area (Å²) < 4.78 is 0. The summed E-state index contributed by atoms with van der Waals surface area (Å²) in [5.41, 5.74) is 4.48. The quantitative estimate of drug-likeness (QED) is 0.719. The Hall–Kier alpha value is -0.980. The predicted octanol–water partition coefficient (Wildman–Crippen LogP) is 3.59. The summed E-state index contributed by atoms with van der Waals surface area (Å²) in [6.45, 7) is 4.99. The fourth-order valence-corrected chi connectivity index (χ4v) is 2.32. The lowest BCUT2D eigenvalue weighted by atomic mass is 9.99. The molecular weight excluding hydrogens is 182 g/mol. The Balaban J connectivity index is 1.94. The molecule has 0 saturated heterocycles. The van der Waals surface area contributed by atoms with E-state index in [0.717, 1.165) is 13.0 Å². The van der Waals surface area contributed by atoms with Gasteiger partial charge in [0.25, 0.3) is 0 Å². The molecule has 1 N–H and O–H groups in total. The van der Waals surface area contributed by atoms with Crippen LogP contribution in [-0.4, -0.2) is 6.54 Å². The Labute approximate surface area is 92.9 Å². The molecule has 0 aromatic heterocycles. The van der Waals surface area contributed by atoms with Gasteiger partial charge < -0.3 is 5.32 Å². The second-order valence-electron chi connectivity index (χ2n) is 4.28. The van der Waals surface area contributed by atoms with Gasteiger partial charge in [0, 0.05) is 12.2 Å². The normalized spacial score (nSPS) is 13.7. The number of rotatable bonds is 5. The number of benzene rings is 1. The van der Waals surface area contributed by atoms with Crippen LogP contribution < -0.4 is 5.32 Å². The lowest BCUT2D eigenvalue weighted by molar-refractivity contribution is 0.684. The Morgan fingerprint density at radius 1 is 1.20 bits per heavy atom. The van der Waals surface area contributed by atoms with Gasteiger partial charge >= 0.3 is 0 Å². The predicted molar refractivity (Wildman–Crippen MR) is 66.2 cm³/mol. The van der Waals surface area contributed by atoms with Crippen LogP contribution in [0.2, 0.25) is 0 Å². The SMILES string of the molecule is [CH2]CCCCCc1cccc2c1CCN2. The topological polar surface area (TPSA) is 12.0 Å². The lowest BCUT2D eigenvalue weighted by Gasteiger charge is -2.07. The van der Waals surface area contributed by atoms with E-state index in [9.17, 15) is 0 Å². The van der Waals surface area contributed by atoms with Crippen molar-refractivity contribution in [2.45, 2.75) is 38.5 Å². The first-order valence-corrected chi connectivity index (χ1v) is 6.05. The molecule has 1 aliphatic rings. The van der Waals surface area contributed by atoms with Gasteiger partial charge in [-0.15, -0.1) is 0 Å². The lowest BCUT2D eigenvalue weighted by Crippen LogP contribution is -1.92. The van der Waals surface area contributed by atoms with Crippen LogP contribution >= 0.6 is 0 Å². The number of hydrogen-bond donors (Lipinski definition) is 1. The highest BCUT2D eigenvalue weighted by atomic mass is 14.9. The van der Waals surface area contributed by atoms with Crippen LogP contribution in [0, 0.1) is 6.92 Å². The second-order valence-corrected chi connectivity index (χ2v) is 4.28. The maximum Gasteiger partial charge on any atom is 0.0376 e. The maximum absolute atomic E-state index is 3.88. The minimum atomic E-state index is 1.08. The molecular formula is C14H20N. The van der Waals surface area contributed by atoms with E-state index in [4.69, 9.17) is 0 Å². The van der Waals surface area contributed by atoms with Gasteiger partial charge in [-0.05, 0) is 36.5 Å². The van der Waals surface area contributed by atoms with Crippen LogP contribution in [-0.2, 0) is 12.8 Å². The molecule has 1 radical (unpaired) electrons. The summed E-state index contributed by atoms with van der Waals surface area (Å²) in [6.07, 6.45) is 7.43. The number of fused-ring (bicyclic) bond motifs is 1. The minimum Gasteiger partial charge on any atom is -0.384 e. The molecule has 15 heavy (non-hydrogen) atoms. The summed E-state index contributed by atoms with van der Waals surface area (Å²) in [5.74, 6) is 0. The Kier molecular flexibility index (Phi) is 3.65. The van der Waals surface area contributed by atoms with Crippen molar-refractivity contribution >= 4 is 5.69 Å². The van der Waals surface area contributed by atoms with Crippen LogP contribution in [0.1, 0.15) is 36.8 Å². The van der Waals surface area contributed by atoms with Crippen molar-refractivity contribution in [2.75, 3.05) is 11.9 Å². The van der Waals surface area contributed by atoms with Crippen LogP contribution in [0.5, 0.6) is 0 Å². The first-order valence-electron chi connectivity index (χ1n) is 6.05. The van der Waals surface area contributed by atoms with Crippen molar-refractivity contribution < 1.29 is 0 Å². The third-order valence-electron chi connectivity index (χ3n) is 3.16. The Morgan fingerprint density at radius 2 is 2.13 bits per heavy atom. The highest BCUT2D eigenvalue weighted by Crippen LogP contribution is 2.26. The van der Waals surface area contributed by atoms with Gasteiger partial charge in [0.05, 0.1) is 0 Å². The summed E-state index contributed by atoms with van der Waals surface area (Å²) in [7, 11) is 0. The van der Waals surface area contributed by atoms with E-state index in [0.29, 0.717) is 0 Å². The standard InChI is InChI=1S/C14H20N/c1-2-3-4-5-7-12-8-6-9-14-13(12)10-11-15-14/h6,8-9,15H,1-5,7,10-11H2. The smallest absolute Gasteiger partial charge is 0.0376 e. The van der Waals surface area contributed by atoms with Gasteiger partial charge in [-0.3, -0.25) is 0 Å². The van der Waals surface area contributed by atoms with E-state index in [1.807, 2.05) is 0 Å². The van der Waals surface area contributed by atoms with E-state index in [1.165, 1.54) is 37.8 Å². The van der Waals surface area contributed by atoms with Crippen molar-refractivity contribution in [3.05, 3.63) is 36.2 Å². The van der Waals surface area contributed by atoms with E-state index in [-0.39, 0.29) is 0 Å². The van der Waals surface area contributed by atoms with Crippen LogP contribution in [0.3, 0.4) is 0 Å². The molecule has 1 aromatic rings. The van der Waals surface area contributed by atoms with Gasteiger partial charge in [0.2, 0.25) is 0 Å². The van der Waals surface area contributed by atoms with Crippen molar-refractivity contribution in [1.82, 2.24) is 0 Å². The van der Waals surface area contributed by atoms with Crippen LogP contribution in [0.25, 0.3) is 0 Å². The van der Waals surface area contributed by atoms with Crippen LogP contribution in [0.15, 0.2) is 18.2 Å². The highest BCUT2D eigenvalue weighted by Gasteiger charge is 2.12. The van der Waals surface area contributed by atoms with Gasteiger partial charge in [0.15, 0.2) is 0 Å². The molecule has 0 saturated carbocycles. The average molecular weight is 202 g/mol. The molecule has 0 bridgehead atoms. The number of unbranched alkanes of at least 4 members (excludes halogenated alkanes) is 3. The Bertz CT molecular complexity index is 317. The molecule has 0 aliphatic carbocycles. The summed E-state index contributed by atoms with van der Waals surface area (Å²) in [6, 6.07) is 6.66. The summed E-state index contributed by atoms with van der Waals surface area (Å²) in [5, 5.41) is 3.43. The maximum atomic E-state index is 3.88. The molecule has 0 fully saturated rings. The average Bonchev–Trinajstić information content (AvgIpc) is 2.73. The molecule has 1 aliphatic heterocycles. The van der Waals surface area contributed by atoms with Gasteiger partial charge in [-0.1, -0.05) is 38.3 Å². The minimum absolute atomic E-state index is 1.08. The molecule has 0 spiro atoms. The molecule has 1 nitrogen and oxygen atoms in total. The third kappa shape index (κ3) is 2.53. The molecule has 2 rings (SSSR count). The summed E-state index contributed by atoms with van der Waals surface area (Å²) in [4.78, 5) is 0. The van der Waals surface area contributed by atoms with Crippen LogP contribution in [0.4, 0.5) is 5.69 Å². The van der Waals surface area contributed by atoms with E-state index >= 15 is 0 Å². The largest absolute Gasteiger partial charge is 0.384 e. The van der Waals surface area contributed by atoms with Crippen molar-refractivity contribution in [2.24, 2.45) is 0 Å². The zero-order valence-corrected chi connectivity index (χ0v) is 9.39. The van der Waals surface area contributed by atoms with Crippen molar-refractivity contribution in [3.63, 3.8) is 0 Å². The molecule has 1 aromatic carbocycles. The molecule has 1 heteroatoms. The molecule has 1 heterocycles. The second kappa shape index (κ2) is 5.20. The molecule has 0 amide bonds. The van der Waals surface area contributed by atoms with E-state index < -0.39 is 0 Å². The molecule has 0 atom stereocenters.